The van der Waals surface area contributed by atoms with E-state index in [1.165, 1.54) is 125 Å². The van der Waals surface area contributed by atoms with Crippen molar-refractivity contribution in [1.82, 2.24) is 0 Å². The van der Waals surface area contributed by atoms with Crippen molar-refractivity contribution in [1.29, 1.82) is 0 Å². The summed E-state index contributed by atoms with van der Waals surface area (Å²) in [6.07, 6.45) is 6.65. The van der Waals surface area contributed by atoms with Crippen molar-refractivity contribution in [2.45, 2.75) is 64.2 Å². The molecule has 0 aliphatic heterocycles. The summed E-state index contributed by atoms with van der Waals surface area (Å²) >= 11 is 1.90. The summed E-state index contributed by atoms with van der Waals surface area (Å²) in [4.78, 5) is 2.56. The lowest BCUT2D eigenvalue weighted by Gasteiger charge is -2.30. The van der Waals surface area contributed by atoms with Gasteiger partial charge in [0.05, 0.1) is 5.69 Å². The lowest BCUT2D eigenvalue weighted by atomic mass is 9.81. The molecule has 0 bridgehead atoms. The molecular formula is C52H45NS. The first-order valence-corrected chi connectivity index (χ1v) is 20.5. The third-order valence-corrected chi connectivity index (χ3v) is 13.4. The molecule has 10 rings (SSSR count). The summed E-state index contributed by atoms with van der Waals surface area (Å²) in [5, 5.41) is 2.65. The fourth-order valence-electron chi connectivity index (χ4n) is 9.59. The summed E-state index contributed by atoms with van der Waals surface area (Å²) < 4.78 is 2.66. The average molecular weight is 716 g/mol. The number of rotatable bonds is 6. The molecule has 54 heavy (non-hydrogen) atoms. The van der Waals surface area contributed by atoms with Crippen LogP contribution in [0.5, 0.6) is 0 Å². The highest BCUT2D eigenvalue weighted by atomic mass is 32.1. The van der Waals surface area contributed by atoms with Gasteiger partial charge < -0.3 is 4.90 Å². The van der Waals surface area contributed by atoms with Crippen LogP contribution >= 0.6 is 11.3 Å². The van der Waals surface area contributed by atoms with Crippen molar-refractivity contribution in [3.63, 3.8) is 0 Å². The van der Waals surface area contributed by atoms with Crippen LogP contribution in [0.1, 0.15) is 74.1 Å². The van der Waals surface area contributed by atoms with Crippen molar-refractivity contribution in [2.24, 2.45) is 0 Å². The highest BCUT2D eigenvalue weighted by molar-refractivity contribution is 7.26. The first-order valence-electron chi connectivity index (χ1n) is 19.7. The number of hydrogen-bond donors (Lipinski definition) is 0. The normalized spacial score (nSPS) is 15.0. The van der Waals surface area contributed by atoms with Crippen molar-refractivity contribution in [3.8, 4) is 33.4 Å². The van der Waals surface area contributed by atoms with Gasteiger partial charge in [0.25, 0.3) is 0 Å². The van der Waals surface area contributed by atoms with Gasteiger partial charge in [0.1, 0.15) is 0 Å². The Bertz CT molecular complexity index is 2670. The summed E-state index contributed by atoms with van der Waals surface area (Å²) in [5.41, 5.74) is 16.7. The summed E-state index contributed by atoms with van der Waals surface area (Å²) in [6, 6.07) is 57.4. The van der Waals surface area contributed by atoms with Crippen LogP contribution in [0.2, 0.25) is 0 Å². The molecule has 2 aliphatic rings. The predicted octanol–water partition coefficient (Wildman–Crippen LogP) is 15.5. The highest BCUT2D eigenvalue weighted by Crippen LogP contribution is 2.56. The average Bonchev–Trinajstić information content (AvgIpc) is 3.70. The van der Waals surface area contributed by atoms with Gasteiger partial charge in [0.2, 0.25) is 0 Å². The van der Waals surface area contributed by atoms with E-state index in [1.54, 1.807) is 0 Å². The highest BCUT2D eigenvalue weighted by Gasteiger charge is 2.38. The Morgan fingerprint density at radius 1 is 0.556 bits per heavy atom. The van der Waals surface area contributed by atoms with E-state index in [1.807, 2.05) is 11.3 Å². The zero-order valence-electron chi connectivity index (χ0n) is 31.4. The zero-order valence-corrected chi connectivity index (χ0v) is 32.2. The molecule has 8 aromatic rings. The van der Waals surface area contributed by atoms with E-state index in [4.69, 9.17) is 0 Å². The van der Waals surface area contributed by atoms with Gasteiger partial charge in [-0.3, -0.25) is 0 Å². The van der Waals surface area contributed by atoms with Crippen LogP contribution in [0.3, 0.4) is 0 Å². The maximum Gasteiger partial charge on any atom is 0.0554 e. The molecule has 0 radical (unpaired) electrons. The number of benzene rings is 7. The van der Waals surface area contributed by atoms with E-state index in [2.05, 4.69) is 177 Å². The van der Waals surface area contributed by atoms with E-state index < -0.39 is 0 Å². The van der Waals surface area contributed by atoms with E-state index in [0.29, 0.717) is 5.92 Å². The molecule has 0 spiro atoms. The van der Waals surface area contributed by atoms with E-state index in [9.17, 15) is 0 Å². The standard InChI is InChI=1S/C52H45NS/c1-34-25-30-43-49(31-34)54-48-24-14-23-47(51(43)48)53(38-28-26-36(27-29-38)35-15-6-4-7-16-35)39-32-44(41-20-11-10-19-40(41)37-17-8-5-9-18-37)50-42-21-12-13-22-45(42)52(2,3)46(50)33-39/h5,8-14,17-33,35H,4,6-7,15-16H2,1-3H3. The van der Waals surface area contributed by atoms with Gasteiger partial charge in [-0.1, -0.05) is 142 Å². The number of hydrogen-bond acceptors (Lipinski definition) is 2. The fourth-order valence-corrected chi connectivity index (χ4v) is 10.8. The topological polar surface area (TPSA) is 3.24 Å². The van der Waals surface area contributed by atoms with Crippen LogP contribution in [0.15, 0.2) is 152 Å². The third kappa shape index (κ3) is 5.42. The zero-order chi connectivity index (χ0) is 36.4. The minimum atomic E-state index is -0.173. The van der Waals surface area contributed by atoms with E-state index in [0.717, 1.165) is 0 Å². The second-order valence-corrected chi connectivity index (χ2v) is 17.1. The summed E-state index contributed by atoms with van der Waals surface area (Å²) in [5.74, 6) is 0.661. The molecule has 1 saturated carbocycles. The molecule has 1 heterocycles. The van der Waals surface area contributed by atoms with Crippen molar-refractivity contribution in [2.75, 3.05) is 4.90 Å². The number of thiophene rings is 1. The van der Waals surface area contributed by atoms with Gasteiger partial charge in [0.15, 0.2) is 0 Å². The largest absolute Gasteiger partial charge is 0.310 e. The molecule has 0 unspecified atom stereocenters. The first-order chi connectivity index (χ1) is 26.5. The Labute approximate surface area is 323 Å². The molecule has 1 aromatic heterocycles. The molecule has 1 fully saturated rings. The molecule has 1 nitrogen and oxygen atoms in total. The SMILES string of the molecule is Cc1ccc2c(c1)sc1cccc(N(c3ccc(C4CCCCC4)cc3)c3cc(-c4ccccc4-c4ccccc4)c4c(c3)C(C)(C)c3ccccc3-4)c12. The monoisotopic (exact) mass is 715 g/mol. The van der Waals surface area contributed by atoms with Gasteiger partial charge in [-0.25, -0.2) is 0 Å². The predicted molar refractivity (Wildman–Crippen MR) is 233 cm³/mol. The van der Waals surface area contributed by atoms with Crippen molar-refractivity contribution >= 4 is 48.6 Å². The molecule has 0 atom stereocenters. The molecule has 0 N–H and O–H groups in total. The Hall–Kier alpha value is -5.44. The van der Waals surface area contributed by atoms with E-state index in [-0.39, 0.29) is 5.41 Å². The summed E-state index contributed by atoms with van der Waals surface area (Å²) in [6.45, 7) is 7.02. The summed E-state index contributed by atoms with van der Waals surface area (Å²) in [7, 11) is 0. The maximum absolute atomic E-state index is 2.56. The fraction of sp³-hybridized carbons (Fsp3) is 0.192. The lowest BCUT2D eigenvalue weighted by molar-refractivity contribution is 0.443. The van der Waals surface area contributed by atoms with Gasteiger partial charge in [0, 0.05) is 37.0 Å². The second-order valence-electron chi connectivity index (χ2n) is 16.0. The molecular weight excluding hydrogens is 671 g/mol. The van der Waals surface area contributed by atoms with Crippen LogP contribution in [0.25, 0.3) is 53.6 Å². The molecule has 2 aliphatic carbocycles. The smallest absolute Gasteiger partial charge is 0.0554 e. The van der Waals surface area contributed by atoms with Crippen molar-refractivity contribution in [3.05, 3.63) is 174 Å². The number of nitrogens with zero attached hydrogens (tertiary/aromatic N) is 1. The Balaban J connectivity index is 1.27. The second kappa shape index (κ2) is 13.1. The van der Waals surface area contributed by atoms with Gasteiger partial charge in [-0.05, 0) is 124 Å². The number of fused-ring (bicyclic) bond motifs is 6. The quantitative estimate of drug-likeness (QED) is 0.166. The minimum Gasteiger partial charge on any atom is -0.310 e. The van der Waals surface area contributed by atoms with Crippen molar-refractivity contribution < 1.29 is 0 Å². The minimum absolute atomic E-state index is 0.173. The van der Waals surface area contributed by atoms with Gasteiger partial charge >= 0.3 is 0 Å². The molecule has 0 saturated heterocycles. The van der Waals surface area contributed by atoms with Crippen LogP contribution < -0.4 is 4.90 Å². The molecule has 7 aromatic carbocycles. The molecule has 2 heteroatoms. The molecule has 0 amide bonds. The van der Waals surface area contributed by atoms with Crippen LogP contribution in [-0.2, 0) is 5.41 Å². The lowest BCUT2D eigenvalue weighted by Crippen LogP contribution is -2.17. The Morgan fingerprint density at radius 3 is 2.07 bits per heavy atom. The maximum atomic E-state index is 2.56. The van der Waals surface area contributed by atoms with E-state index >= 15 is 0 Å². The Kier molecular flexibility index (Phi) is 8.07. The van der Waals surface area contributed by atoms with Gasteiger partial charge in [-0.15, -0.1) is 11.3 Å². The number of anilines is 3. The Morgan fingerprint density at radius 2 is 1.28 bits per heavy atom. The van der Waals surface area contributed by atoms with Crippen LogP contribution in [0, 0.1) is 6.92 Å². The van der Waals surface area contributed by atoms with Crippen LogP contribution in [0.4, 0.5) is 17.1 Å². The third-order valence-electron chi connectivity index (χ3n) is 12.3. The number of aryl methyl sites for hydroxylation is 1. The van der Waals surface area contributed by atoms with Crippen LogP contribution in [-0.4, -0.2) is 0 Å². The molecule has 264 valence electrons. The van der Waals surface area contributed by atoms with Gasteiger partial charge in [-0.2, -0.15) is 0 Å². The first kappa shape index (κ1) is 33.2.